The van der Waals surface area contributed by atoms with Crippen LogP contribution in [0, 0.1) is 0 Å². The van der Waals surface area contributed by atoms with Gasteiger partial charge in [-0.3, -0.25) is 5.32 Å². The van der Waals surface area contributed by atoms with Crippen molar-refractivity contribution in [1.82, 2.24) is 25.5 Å². The molecule has 1 aromatic heterocycles. The molecule has 0 aliphatic rings. The SMILES string of the molecule is CCCCn1nnnc1CN[C@](C)(COc1ccccc1)C(=O)OC. The van der Waals surface area contributed by atoms with E-state index in [2.05, 4.69) is 27.8 Å². The summed E-state index contributed by atoms with van der Waals surface area (Å²) in [7, 11) is 1.36. The lowest BCUT2D eigenvalue weighted by atomic mass is 10.0. The predicted octanol–water partition coefficient (Wildman–Crippen LogP) is 1.57. The molecule has 8 heteroatoms. The second-order valence-corrected chi connectivity index (χ2v) is 5.95. The fraction of sp³-hybridized carbons (Fsp3) is 0.529. The van der Waals surface area contributed by atoms with Gasteiger partial charge >= 0.3 is 5.97 Å². The summed E-state index contributed by atoms with van der Waals surface area (Å²) in [4.78, 5) is 12.2. The fourth-order valence-corrected chi connectivity index (χ4v) is 2.26. The predicted molar refractivity (Wildman–Crippen MR) is 91.9 cm³/mol. The maximum absolute atomic E-state index is 12.2. The number of unbranched alkanes of at least 4 members (excludes halogenated alkanes) is 1. The van der Waals surface area contributed by atoms with E-state index < -0.39 is 11.5 Å². The average Bonchev–Trinajstić information content (AvgIpc) is 3.10. The standard InChI is InChI=1S/C17H25N5O3/c1-4-5-11-22-15(19-20-21-22)12-18-17(2,16(23)24-3)13-25-14-9-7-6-8-10-14/h6-10,18H,4-5,11-13H2,1-3H3/t17-/m1/s1. The van der Waals surface area contributed by atoms with E-state index in [1.54, 1.807) is 11.6 Å². The smallest absolute Gasteiger partial charge is 0.329 e. The van der Waals surface area contributed by atoms with E-state index >= 15 is 0 Å². The minimum absolute atomic E-state index is 0.125. The molecule has 1 heterocycles. The zero-order valence-corrected chi connectivity index (χ0v) is 14.9. The number of ether oxygens (including phenoxy) is 2. The van der Waals surface area contributed by atoms with Gasteiger partial charge in [0, 0.05) is 6.54 Å². The summed E-state index contributed by atoms with van der Waals surface area (Å²) >= 11 is 0. The number of aryl methyl sites for hydroxylation is 1. The summed E-state index contributed by atoms with van der Waals surface area (Å²) < 4.78 is 12.4. The Labute approximate surface area is 147 Å². The van der Waals surface area contributed by atoms with E-state index in [0.29, 0.717) is 18.1 Å². The number of esters is 1. The van der Waals surface area contributed by atoms with Gasteiger partial charge in [-0.2, -0.15) is 0 Å². The Kier molecular flexibility index (Phi) is 6.88. The number of tetrazole rings is 1. The molecule has 136 valence electrons. The van der Waals surface area contributed by atoms with E-state index in [1.165, 1.54) is 7.11 Å². The summed E-state index contributed by atoms with van der Waals surface area (Å²) in [6.07, 6.45) is 2.04. The Morgan fingerprint density at radius 3 is 2.76 bits per heavy atom. The van der Waals surface area contributed by atoms with Crippen LogP contribution in [0.5, 0.6) is 5.75 Å². The molecule has 0 spiro atoms. The van der Waals surface area contributed by atoms with Crippen molar-refractivity contribution in [3.05, 3.63) is 36.2 Å². The number of carbonyl (C=O) groups excluding carboxylic acids is 1. The molecular weight excluding hydrogens is 322 g/mol. The molecule has 1 N–H and O–H groups in total. The Bertz CT molecular complexity index is 661. The van der Waals surface area contributed by atoms with Gasteiger partial charge in [-0.15, -0.1) is 5.10 Å². The first-order chi connectivity index (χ1) is 12.1. The van der Waals surface area contributed by atoms with Crippen LogP contribution in [0.4, 0.5) is 0 Å². The van der Waals surface area contributed by atoms with Crippen molar-refractivity contribution in [2.75, 3.05) is 13.7 Å². The van der Waals surface area contributed by atoms with Gasteiger partial charge in [-0.25, -0.2) is 9.48 Å². The second kappa shape index (κ2) is 9.12. The van der Waals surface area contributed by atoms with E-state index in [1.807, 2.05) is 30.3 Å². The van der Waals surface area contributed by atoms with Crippen molar-refractivity contribution in [2.45, 2.75) is 45.3 Å². The van der Waals surface area contributed by atoms with Crippen molar-refractivity contribution in [3.63, 3.8) is 0 Å². The van der Waals surface area contributed by atoms with E-state index in [0.717, 1.165) is 19.4 Å². The molecule has 2 rings (SSSR count). The number of aromatic nitrogens is 4. The first-order valence-corrected chi connectivity index (χ1v) is 8.35. The van der Waals surface area contributed by atoms with Crippen molar-refractivity contribution in [2.24, 2.45) is 0 Å². The van der Waals surface area contributed by atoms with Gasteiger partial charge < -0.3 is 9.47 Å². The maximum atomic E-state index is 12.2. The van der Waals surface area contributed by atoms with Crippen LogP contribution in [-0.2, 0) is 22.6 Å². The number of rotatable bonds is 10. The number of nitrogens with one attached hydrogen (secondary N) is 1. The van der Waals surface area contributed by atoms with Gasteiger partial charge in [0.1, 0.15) is 17.9 Å². The van der Waals surface area contributed by atoms with Crippen LogP contribution in [0.2, 0.25) is 0 Å². The average molecular weight is 347 g/mol. The Morgan fingerprint density at radius 2 is 2.08 bits per heavy atom. The molecule has 2 aromatic rings. The Hall–Kier alpha value is -2.48. The van der Waals surface area contributed by atoms with Crippen molar-refractivity contribution in [1.29, 1.82) is 0 Å². The zero-order valence-electron chi connectivity index (χ0n) is 14.9. The van der Waals surface area contributed by atoms with Crippen molar-refractivity contribution >= 4 is 5.97 Å². The summed E-state index contributed by atoms with van der Waals surface area (Å²) in [5.74, 6) is 0.950. The number of para-hydroxylation sites is 1. The topological polar surface area (TPSA) is 91.2 Å². The van der Waals surface area contributed by atoms with Crippen molar-refractivity contribution in [3.8, 4) is 5.75 Å². The number of methoxy groups -OCH3 is 1. The first kappa shape index (κ1) is 18.9. The highest BCUT2D eigenvalue weighted by Crippen LogP contribution is 2.14. The van der Waals surface area contributed by atoms with Crippen LogP contribution in [0.1, 0.15) is 32.5 Å². The lowest BCUT2D eigenvalue weighted by Gasteiger charge is -2.27. The van der Waals surface area contributed by atoms with Crippen molar-refractivity contribution < 1.29 is 14.3 Å². The van der Waals surface area contributed by atoms with Gasteiger partial charge in [0.05, 0.1) is 13.7 Å². The molecule has 1 aromatic carbocycles. The van der Waals surface area contributed by atoms with E-state index in [9.17, 15) is 4.79 Å². The van der Waals surface area contributed by atoms with Gasteiger partial charge in [-0.1, -0.05) is 31.5 Å². The third-order valence-corrected chi connectivity index (χ3v) is 3.87. The number of carbonyl (C=O) groups is 1. The van der Waals surface area contributed by atoms with Crippen LogP contribution < -0.4 is 10.1 Å². The third-order valence-electron chi connectivity index (χ3n) is 3.87. The summed E-state index contributed by atoms with van der Waals surface area (Å²) in [5.41, 5.74) is -1.02. The molecule has 0 unspecified atom stereocenters. The second-order valence-electron chi connectivity index (χ2n) is 5.95. The number of benzene rings is 1. The van der Waals surface area contributed by atoms with E-state index in [-0.39, 0.29) is 6.61 Å². The molecule has 0 saturated carbocycles. The highest BCUT2D eigenvalue weighted by atomic mass is 16.5. The largest absolute Gasteiger partial charge is 0.491 e. The molecule has 0 aliphatic heterocycles. The lowest BCUT2D eigenvalue weighted by molar-refractivity contribution is -0.149. The minimum atomic E-state index is -1.02. The summed E-state index contributed by atoms with van der Waals surface area (Å²) in [6, 6.07) is 9.33. The van der Waals surface area contributed by atoms with Crippen LogP contribution in [-0.4, -0.2) is 45.4 Å². The number of nitrogens with zero attached hydrogens (tertiary/aromatic N) is 4. The highest BCUT2D eigenvalue weighted by molar-refractivity contribution is 5.80. The minimum Gasteiger partial charge on any atom is -0.491 e. The van der Waals surface area contributed by atoms with Gasteiger partial charge in [-0.05, 0) is 35.9 Å². The Balaban J connectivity index is 2.02. The summed E-state index contributed by atoms with van der Waals surface area (Å²) in [5, 5.41) is 14.9. The molecule has 1 atom stereocenters. The highest BCUT2D eigenvalue weighted by Gasteiger charge is 2.35. The third kappa shape index (κ3) is 5.25. The number of hydrogen-bond acceptors (Lipinski definition) is 7. The molecular formula is C17H25N5O3. The molecule has 0 radical (unpaired) electrons. The van der Waals surface area contributed by atoms with Gasteiger partial charge in [0.15, 0.2) is 5.82 Å². The maximum Gasteiger partial charge on any atom is 0.329 e. The van der Waals surface area contributed by atoms with Gasteiger partial charge in [0.25, 0.3) is 0 Å². The van der Waals surface area contributed by atoms with Crippen LogP contribution in [0.25, 0.3) is 0 Å². The van der Waals surface area contributed by atoms with Crippen LogP contribution in [0.15, 0.2) is 30.3 Å². The monoisotopic (exact) mass is 347 g/mol. The zero-order chi connectivity index (χ0) is 18.1. The summed E-state index contributed by atoms with van der Waals surface area (Å²) in [6.45, 7) is 5.05. The fourth-order valence-electron chi connectivity index (χ4n) is 2.26. The normalized spacial score (nSPS) is 13.2. The molecule has 0 bridgehead atoms. The molecule has 8 nitrogen and oxygen atoms in total. The molecule has 0 fully saturated rings. The Morgan fingerprint density at radius 1 is 1.32 bits per heavy atom. The molecule has 0 amide bonds. The molecule has 0 saturated heterocycles. The quantitative estimate of drug-likeness (QED) is 0.652. The van der Waals surface area contributed by atoms with E-state index in [4.69, 9.17) is 9.47 Å². The molecule has 25 heavy (non-hydrogen) atoms. The molecule has 0 aliphatic carbocycles. The first-order valence-electron chi connectivity index (χ1n) is 8.35. The van der Waals surface area contributed by atoms with Crippen LogP contribution >= 0.6 is 0 Å². The number of hydrogen-bond donors (Lipinski definition) is 1. The lowest BCUT2D eigenvalue weighted by Crippen LogP contribution is -2.54. The van der Waals surface area contributed by atoms with Crippen LogP contribution in [0.3, 0.4) is 0 Å². The van der Waals surface area contributed by atoms with Gasteiger partial charge in [0.2, 0.25) is 0 Å².